The molecule has 1 aliphatic rings. The number of rotatable bonds is 1. The minimum absolute atomic E-state index is 0.427. The largest absolute Gasteiger partial charge is 0.383 e. The first kappa shape index (κ1) is 8.73. The topological polar surface area (TPSA) is 29.5 Å². The zero-order chi connectivity index (χ0) is 9.31. The Hall–Kier alpha value is -0.860. The van der Waals surface area contributed by atoms with E-state index in [0.29, 0.717) is 19.6 Å². The summed E-state index contributed by atoms with van der Waals surface area (Å²) in [5.41, 5.74) is 1.44. The van der Waals surface area contributed by atoms with Crippen molar-refractivity contribution in [2.45, 2.75) is 18.9 Å². The second-order valence-corrected chi connectivity index (χ2v) is 3.70. The molecule has 0 saturated carbocycles. The highest BCUT2D eigenvalue weighted by molar-refractivity contribution is 5.27. The molecule has 1 saturated heterocycles. The maximum atomic E-state index is 10.1. The number of hydrogen-bond acceptors (Lipinski definition) is 2. The van der Waals surface area contributed by atoms with Crippen molar-refractivity contribution in [3.8, 4) is 0 Å². The summed E-state index contributed by atoms with van der Waals surface area (Å²) in [4.78, 5) is 0. The average molecular weight is 178 g/mol. The minimum Gasteiger partial charge on any atom is -0.383 e. The lowest BCUT2D eigenvalue weighted by Gasteiger charge is -2.20. The van der Waals surface area contributed by atoms with Crippen LogP contribution in [-0.2, 0) is 10.3 Å². The summed E-state index contributed by atoms with van der Waals surface area (Å²) in [5, 5.41) is 10.1. The van der Waals surface area contributed by atoms with Crippen LogP contribution in [0.4, 0.5) is 0 Å². The minimum atomic E-state index is -0.742. The maximum Gasteiger partial charge on any atom is 0.115 e. The molecule has 2 nitrogen and oxygen atoms in total. The van der Waals surface area contributed by atoms with Gasteiger partial charge >= 0.3 is 0 Å². The lowest BCUT2D eigenvalue weighted by Crippen LogP contribution is -2.25. The Bertz CT molecular complexity index is 283. The van der Waals surface area contributed by atoms with Gasteiger partial charge in [0.15, 0.2) is 0 Å². The van der Waals surface area contributed by atoms with Gasteiger partial charge in [0, 0.05) is 13.0 Å². The zero-order valence-electron chi connectivity index (χ0n) is 7.79. The molecular formula is C11H14O2. The molecule has 2 heteroatoms. The molecule has 0 radical (unpaired) electrons. The van der Waals surface area contributed by atoms with Crippen molar-refractivity contribution >= 4 is 0 Å². The van der Waals surface area contributed by atoms with Gasteiger partial charge < -0.3 is 9.84 Å². The molecular weight excluding hydrogens is 164 g/mol. The van der Waals surface area contributed by atoms with Gasteiger partial charge in [-0.15, -0.1) is 0 Å². The first-order valence-electron chi connectivity index (χ1n) is 4.58. The smallest absolute Gasteiger partial charge is 0.115 e. The van der Waals surface area contributed by atoms with Crippen molar-refractivity contribution in [2.75, 3.05) is 13.2 Å². The fraction of sp³-hybridized carbons (Fsp3) is 0.455. The SMILES string of the molecule is Cc1ccc(C2(O)CCOC2)cc1. The second-order valence-electron chi connectivity index (χ2n) is 3.70. The fourth-order valence-electron chi connectivity index (χ4n) is 1.65. The molecule has 13 heavy (non-hydrogen) atoms. The van der Waals surface area contributed by atoms with E-state index in [0.717, 1.165) is 5.56 Å². The molecule has 1 aromatic rings. The van der Waals surface area contributed by atoms with Crippen LogP contribution >= 0.6 is 0 Å². The van der Waals surface area contributed by atoms with Gasteiger partial charge in [-0.1, -0.05) is 29.8 Å². The summed E-state index contributed by atoms with van der Waals surface area (Å²) in [7, 11) is 0. The molecule has 1 aromatic carbocycles. The highest BCUT2D eigenvalue weighted by Crippen LogP contribution is 2.29. The number of hydrogen-bond donors (Lipinski definition) is 1. The molecule has 0 amide bonds. The molecule has 2 rings (SSSR count). The third kappa shape index (κ3) is 1.60. The molecule has 1 fully saturated rings. The molecule has 0 bridgehead atoms. The van der Waals surface area contributed by atoms with E-state index in [1.807, 2.05) is 31.2 Å². The Morgan fingerprint density at radius 1 is 1.31 bits per heavy atom. The Labute approximate surface area is 78.2 Å². The van der Waals surface area contributed by atoms with Gasteiger partial charge in [0.05, 0.1) is 6.61 Å². The summed E-state index contributed by atoms with van der Waals surface area (Å²) in [6.45, 7) is 3.12. The summed E-state index contributed by atoms with van der Waals surface area (Å²) in [6.07, 6.45) is 0.704. The van der Waals surface area contributed by atoms with Gasteiger partial charge in [0.2, 0.25) is 0 Å². The molecule has 0 spiro atoms. The van der Waals surface area contributed by atoms with Gasteiger partial charge in [-0.2, -0.15) is 0 Å². The van der Waals surface area contributed by atoms with Gasteiger partial charge in [0.1, 0.15) is 5.60 Å². The Balaban J connectivity index is 2.29. The normalized spacial score (nSPS) is 27.8. The number of aryl methyl sites for hydroxylation is 1. The van der Waals surface area contributed by atoms with Crippen LogP contribution in [0.5, 0.6) is 0 Å². The van der Waals surface area contributed by atoms with Gasteiger partial charge in [-0.05, 0) is 12.5 Å². The summed E-state index contributed by atoms with van der Waals surface area (Å²) < 4.78 is 5.19. The van der Waals surface area contributed by atoms with Crippen LogP contribution in [0, 0.1) is 6.92 Å². The van der Waals surface area contributed by atoms with Gasteiger partial charge in [0.25, 0.3) is 0 Å². The van der Waals surface area contributed by atoms with E-state index in [2.05, 4.69) is 0 Å². The van der Waals surface area contributed by atoms with Crippen molar-refractivity contribution < 1.29 is 9.84 Å². The van der Waals surface area contributed by atoms with E-state index < -0.39 is 5.60 Å². The van der Waals surface area contributed by atoms with Gasteiger partial charge in [-0.3, -0.25) is 0 Å². The summed E-state index contributed by atoms with van der Waals surface area (Å²) in [6, 6.07) is 7.99. The van der Waals surface area contributed by atoms with E-state index in [-0.39, 0.29) is 0 Å². The van der Waals surface area contributed by atoms with Crippen molar-refractivity contribution in [1.82, 2.24) is 0 Å². The highest BCUT2D eigenvalue weighted by atomic mass is 16.5. The monoisotopic (exact) mass is 178 g/mol. The quantitative estimate of drug-likeness (QED) is 0.707. The predicted octanol–water partition coefficient (Wildman–Crippen LogP) is 1.60. The van der Waals surface area contributed by atoms with Crippen molar-refractivity contribution in [1.29, 1.82) is 0 Å². The lowest BCUT2D eigenvalue weighted by molar-refractivity contribution is 0.0232. The van der Waals surface area contributed by atoms with E-state index in [4.69, 9.17) is 4.74 Å². The summed E-state index contributed by atoms with van der Waals surface area (Å²) in [5.74, 6) is 0. The van der Waals surface area contributed by atoms with Crippen molar-refractivity contribution in [3.05, 3.63) is 35.4 Å². The molecule has 1 N–H and O–H groups in total. The number of ether oxygens (including phenoxy) is 1. The van der Waals surface area contributed by atoms with Crippen molar-refractivity contribution in [3.63, 3.8) is 0 Å². The van der Waals surface area contributed by atoms with Crippen LogP contribution in [0.1, 0.15) is 17.5 Å². The van der Waals surface area contributed by atoms with Crippen LogP contribution in [-0.4, -0.2) is 18.3 Å². The fourth-order valence-corrected chi connectivity index (χ4v) is 1.65. The lowest BCUT2D eigenvalue weighted by atomic mass is 9.93. The van der Waals surface area contributed by atoms with E-state index in [9.17, 15) is 5.11 Å². The Morgan fingerprint density at radius 2 is 2.00 bits per heavy atom. The van der Waals surface area contributed by atoms with Crippen LogP contribution in [0.25, 0.3) is 0 Å². The third-order valence-corrected chi connectivity index (χ3v) is 2.59. The molecule has 0 aromatic heterocycles. The average Bonchev–Trinajstić information content (AvgIpc) is 2.54. The van der Waals surface area contributed by atoms with E-state index in [1.54, 1.807) is 0 Å². The van der Waals surface area contributed by atoms with E-state index in [1.165, 1.54) is 5.56 Å². The summed E-state index contributed by atoms with van der Waals surface area (Å²) >= 11 is 0. The van der Waals surface area contributed by atoms with E-state index >= 15 is 0 Å². The highest BCUT2D eigenvalue weighted by Gasteiger charge is 2.33. The zero-order valence-corrected chi connectivity index (χ0v) is 7.79. The van der Waals surface area contributed by atoms with Crippen LogP contribution in [0.2, 0.25) is 0 Å². The standard InChI is InChI=1S/C11H14O2/c1-9-2-4-10(5-3-9)11(12)6-7-13-8-11/h2-5,12H,6-8H2,1H3. The Kier molecular flexibility index (Phi) is 2.10. The van der Waals surface area contributed by atoms with Crippen LogP contribution in [0.15, 0.2) is 24.3 Å². The molecule has 1 aliphatic heterocycles. The molecule has 0 aliphatic carbocycles. The Morgan fingerprint density at radius 3 is 2.54 bits per heavy atom. The predicted molar refractivity (Wildman–Crippen MR) is 50.5 cm³/mol. The third-order valence-electron chi connectivity index (χ3n) is 2.59. The molecule has 70 valence electrons. The molecule has 1 unspecified atom stereocenters. The van der Waals surface area contributed by atoms with Crippen LogP contribution < -0.4 is 0 Å². The molecule has 1 atom stereocenters. The van der Waals surface area contributed by atoms with Crippen LogP contribution in [0.3, 0.4) is 0 Å². The van der Waals surface area contributed by atoms with Crippen molar-refractivity contribution in [2.24, 2.45) is 0 Å². The number of benzene rings is 1. The first-order valence-corrected chi connectivity index (χ1v) is 4.58. The first-order chi connectivity index (χ1) is 6.21. The number of aliphatic hydroxyl groups is 1. The second kappa shape index (κ2) is 3.13. The van der Waals surface area contributed by atoms with Gasteiger partial charge in [-0.25, -0.2) is 0 Å². The molecule has 1 heterocycles. The maximum absolute atomic E-state index is 10.1.